The summed E-state index contributed by atoms with van der Waals surface area (Å²) in [5.41, 5.74) is 2.49. The molecule has 138 valence electrons. The van der Waals surface area contributed by atoms with Gasteiger partial charge < -0.3 is 15.0 Å². The molecule has 0 aliphatic rings. The standard InChI is InChI=1S/C20H22Cl2N2O2/c1-4-24(5-2)17-9-7-16(8-10-17)23-19(25)11-6-14-12-15(21)13-18(22)20(14)26-3/h6-13H,4-5H2,1-3H3,(H,23,25)/b11-6+. The van der Waals surface area contributed by atoms with Gasteiger partial charge in [0.1, 0.15) is 5.75 Å². The lowest BCUT2D eigenvalue weighted by atomic mass is 10.2. The summed E-state index contributed by atoms with van der Waals surface area (Å²) < 4.78 is 5.26. The van der Waals surface area contributed by atoms with Gasteiger partial charge in [0.15, 0.2) is 0 Å². The molecule has 0 bridgehead atoms. The van der Waals surface area contributed by atoms with E-state index in [4.69, 9.17) is 27.9 Å². The topological polar surface area (TPSA) is 41.6 Å². The van der Waals surface area contributed by atoms with E-state index in [-0.39, 0.29) is 5.91 Å². The van der Waals surface area contributed by atoms with Gasteiger partial charge in [0.25, 0.3) is 0 Å². The molecule has 6 heteroatoms. The van der Waals surface area contributed by atoms with Crippen molar-refractivity contribution in [2.45, 2.75) is 13.8 Å². The number of hydrogen-bond donors (Lipinski definition) is 1. The minimum Gasteiger partial charge on any atom is -0.495 e. The maximum Gasteiger partial charge on any atom is 0.248 e. The Morgan fingerprint density at radius 3 is 2.38 bits per heavy atom. The molecule has 0 fully saturated rings. The summed E-state index contributed by atoms with van der Waals surface area (Å²) in [5.74, 6) is 0.224. The van der Waals surface area contributed by atoms with Gasteiger partial charge >= 0.3 is 0 Å². The van der Waals surface area contributed by atoms with Crippen molar-refractivity contribution in [2.75, 3.05) is 30.4 Å². The molecule has 2 aromatic carbocycles. The van der Waals surface area contributed by atoms with Crippen LogP contribution < -0.4 is 15.0 Å². The predicted molar refractivity (Wildman–Crippen MR) is 111 cm³/mol. The molecule has 0 saturated heterocycles. The van der Waals surface area contributed by atoms with Gasteiger partial charge in [-0.3, -0.25) is 4.79 Å². The average molecular weight is 393 g/mol. The van der Waals surface area contributed by atoms with Gasteiger partial charge in [0.05, 0.1) is 12.1 Å². The number of nitrogens with zero attached hydrogens (tertiary/aromatic N) is 1. The maximum absolute atomic E-state index is 12.2. The first-order valence-corrected chi connectivity index (χ1v) is 9.11. The van der Waals surface area contributed by atoms with Crippen LogP contribution in [0, 0.1) is 0 Å². The molecule has 0 radical (unpaired) electrons. The Hall–Kier alpha value is -2.17. The molecule has 0 aromatic heterocycles. The third kappa shape index (κ3) is 5.16. The predicted octanol–water partition coefficient (Wildman–Crippen LogP) is 5.50. The van der Waals surface area contributed by atoms with Crippen LogP contribution in [0.15, 0.2) is 42.5 Å². The van der Waals surface area contributed by atoms with Crippen molar-refractivity contribution < 1.29 is 9.53 Å². The van der Waals surface area contributed by atoms with Crippen molar-refractivity contribution in [3.8, 4) is 5.75 Å². The van der Waals surface area contributed by atoms with Gasteiger partial charge in [-0.05, 0) is 56.3 Å². The van der Waals surface area contributed by atoms with Crippen molar-refractivity contribution in [1.29, 1.82) is 0 Å². The summed E-state index contributed by atoms with van der Waals surface area (Å²) in [6, 6.07) is 11.0. The molecule has 2 aromatic rings. The number of methoxy groups -OCH3 is 1. The molecule has 0 aliphatic carbocycles. The van der Waals surface area contributed by atoms with Crippen LogP contribution in [0.1, 0.15) is 19.4 Å². The van der Waals surface area contributed by atoms with Gasteiger partial charge in [0.2, 0.25) is 5.91 Å². The van der Waals surface area contributed by atoms with E-state index < -0.39 is 0 Å². The van der Waals surface area contributed by atoms with Gasteiger partial charge in [-0.2, -0.15) is 0 Å². The summed E-state index contributed by atoms with van der Waals surface area (Å²) in [6.07, 6.45) is 3.04. The minimum atomic E-state index is -0.251. The van der Waals surface area contributed by atoms with E-state index >= 15 is 0 Å². The van der Waals surface area contributed by atoms with E-state index in [9.17, 15) is 4.79 Å². The Kier molecular flexibility index (Phi) is 7.37. The Balaban J connectivity index is 2.08. The van der Waals surface area contributed by atoms with Gasteiger partial charge in [-0.15, -0.1) is 0 Å². The number of ether oxygens (including phenoxy) is 1. The average Bonchev–Trinajstić information content (AvgIpc) is 2.62. The highest BCUT2D eigenvalue weighted by atomic mass is 35.5. The fourth-order valence-electron chi connectivity index (χ4n) is 2.61. The minimum absolute atomic E-state index is 0.251. The van der Waals surface area contributed by atoms with Crippen LogP contribution in [-0.2, 0) is 4.79 Å². The number of amides is 1. The lowest BCUT2D eigenvalue weighted by Gasteiger charge is -2.21. The summed E-state index contributed by atoms with van der Waals surface area (Å²) in [4.78, 5) is 14.4. The van der Waals surface area contributed by atoms with Crippen molar-refractivity contribution in [2.24, 2.45) is 0 Å². The van der Waals surface area contributed by atoms with Crippen molar-refractivity contribution >= 4 is 46.6 Å². The zero-order chi connectivity index (χ0) is 19.1. The molecular weight excluding hydrogens is 371 g/mol. The highest BCUT2D eigenvalue weighted by molar-refractivity contribution is 6.36. The molecule has 0 spiro atoms. The smallest absolute Gasteiger partial charge is 0.248 e. The molecule has 0 aliphatic heterocycles. The van der Waals surface area contributed by atoms with Gasteiger partial charge in [0, 0.05) is 41.1 Å². The molecule has 0 heterocycles. The molecule has 2 rings (SSSR count). The Labute approximate surface area is 164 Å². The fourth-order valence-corrected chi connectivity index (χ4v) is 3.20. The first kappa shape index (κ1) is 20.1. The lowest BCUT2D eigenvalue weighted by Crippen LogP contribution is -2.21. The SMILES string of the molecule is CCN(CC)c1ccc(NC(=O)/C=C/c2cc(Cl)cc(Cl)c2OC)cc1. The van der Waals surface area contributed by atoms with Crippen LogP contribution in [0.25, 0.3) is 6.08 Å². The van der Waals surface area contributed by atoms with Gasteiger partial charge in [-0.25, -0.2) is 0 Å². The molecule has 26 heavy (non-hydrogen) atoms. The molecule has 1 amide bonds. The van der Waals surface area contributed by atoms with E-state index in [2.05, 4.69) is 24.1 Å². The number of halogens is 2. The maximum atomic E-state index is 12.2. The summed E-state index contributed by atoms with van der Waals surface area (Å²) in [5, 5.41) is 3.70. The Bertz CT molecular complexity index is 785. The number of carbonyl (C=O) groups is 1. The van der Waals surface area contributed by atoms with Crippen LogP contribution in [-0.4, -0.2) is 26.1 Å². The number of rotatable bonds is 7. The molecule has 0 saturated carbocycles. The number of nitrogens with one attached hydrogen (secondary N) is 1. The van der Waals surface area contributed by atoms with Crippen molar-refractivity contribution in [1.82, 2.24) is 0 Å². The molecule has 0 unspecified atom stereocenters. The summed E-state index contributed by atoms with van der Waals surface area (Å²) in [7, 11) is 1.52. The highest BCUT2D eigenvalue weighted by Gasteiger charge is 2.08. The van der Waals surface area contributed by atoms with Crippen LogP contribution in [0.5, 0.6) is 5.75 Å². The molecule has 4 nitrogen and oxygen atoms in total. The molecule has 0 atom stereocenters. The van der Waals surface area contributed by atoms with Gasteiger partial charge in [-0.1, -0.05) is 23.2 Å². The zero-order valence-corrected chi connectivity index (χ0v) is 16.6. The Morgan fingerprint density at radius 1 is 1.15 bits per heavy atom. The third-order valence-corrected chi connectivity index (χ3v) is 4.42. The Morgan fingerprint density at radius 2 is 1.81 bits per heavy atom. The van der Waals surface area contributed by atoms with E-state index in [0.717, 1.165) is 24.5 Å². The summed E-state index contributed by atoms with van der Waals surface area (Å²) in [6.45, 7) is 6.10. The fraction of sp³-hybridized carbons (Fsp3) is 0.250. The van der Waals surface area contributed by atoms with Crippen LogP contribution in [0.4, 0.5) is 11.4 Å². The lowest BCUT2D eigenvalue weighted by molar-refractivity contribution is -0.111. The van der Waals surface area contributed by atoms with E-state index in [0.29, 0.717) is 21.4 Å². The molecular formula is C20H22Cl2N2O2. The summed E-state index contributed by atoms with van der Waals surface area (Å²) >= 11 is 12.1. The number of benzene rings is 2. The second-order valence-corrected chi connectivity index (χ2v) is 6.40. The van der Waals surface area contributed by atoms with Crippen molar-refractivity contribution in [3.63, 3.8) is 0 Å². The number of hydrogen-bond acceptors (Lipinski definition) is 3. The van der Waals surface area contributed by atoms with Crippen LogP contribution in [0.3, 0.4) is 0 Å². The van der Waals surface area contributed by atoms with Crippen LogP contribution in [0.2, 0.25) is 10.0 Å². The third-order valence-electron chi connectivity index (χ3n) is 3.92. The van der Waals surface area contributed by atoms with E-state index in [1.165, 1.54) is 13.2 Å². The second-order valence-electron chi connectivity index (χ2n) is 5.55. The first-order valence-electron chi connectivity index (χ1n) is 8.35. The van der Waals surface area contributed by atoms with E-state index in [1.54, 1.807) is 18.2 Å². The quantitative estimate of drug-likeness (QED) is 0.632. The highest BCUT2D eigenvalue weighted by Crippen LogP contribution is 2.33. The van der Waals surface area contributed by atoms with Crippen LogP contribution >= 0.6 is 23.2 Å². The van der Waals surface area contributed by atoms with E-state index in [1.807, 2.05) is 24.3 Å². The first-order chi connectivity index (χ1) is 12.5. The van der Waals surface area contributed by atoms with Crippen molar-refractivity contribution in [3.05, 3.63) is 58.1 Å². The number of anilines is 2. The zero-order valence-electron chi connectivity index (χ0n) is 15.1. The monoisotopic (exact) mass is 392 g/mol. The second kappa shape index (κ2) is 9.51. The molecule has 1 N–H and O–H groups in total. The normalized spacial score (nSPS) is 10.8. The largest absolute Gasteiger partial charge is 0.495 e. The number of carbonyl (C=O) groups excluding carboxylic acids is 1.